The smallest absolute Gasteiger partial charge is 0.161 e. The van der Waals surface area contributed by atoms with Crippen molar-refractivity contribution in [3.05, 3.63) is 66.5 Å². The third kappa shape index (κ3) is 4.07. The Balaban J connectivity index is 2.12. The van der Waals surface area contributed by atoms with Crippen LogP contribution in [0, 0.1) is 0 Å². The minimum absolute atomic E-state index is 0.0941. The molecule has 2 aromatic rings. The highest BCUT2D eigenvalue weighted by Crippen LogP contribution is 2.29. The Morgan fingerprint density at radius 1 is 1.33 bits per heavy atom. The van der Waals surface area contributed by atoms with Crippen LogP contribution in [-0.2, 0) is 6.42 Å². The van der Waals surface area contributed by atoms with Crippen LogP contribution in [0.2, 0.25) is 0 Å². The summed E-state index contributed by atoms with van der Waals surface area (Å²) in [4.78, 5) is 4.09. The second-order valence-corrected chi connectivity index (χ2v) is 4.68. The average Bonchev–Trinajstić information content (AvgIpc) is 2.54. The molecule has 1 heterocycles. The van der Waals surface area contributed by atoms with E-state index in [0.29, 0.717) is 24.5 Å². The van der Waals surface area contributed by atoms with Crippen LogP contribution < -0.4 is 15.2 Å². The van der Waals surface area contributed by atoms with Gasteiger partial charge in [0.15, 0.2) is 11.5 Å². The van der Waals surface area contributed by atoms with Gasteiger partial charge in [0.05, 0.1) is 7.11 Å². The SMILES string of the molecule is C=CCOc1ccc(CC(N)c2cccnc2)cc1OC. The van der Waals surface area contributed by atoms with Gasteiger partial charge in [-0.2, -0.15) is 0 Å². The Morgan fingerprint density at radius 3 is 2.86 bits per heavy atom. The van der Waals surface area contributed by atoms with Gasteiger partial charge in [-0.3, -0.25) is 4.98 Å². The number of methoxy groups -OCH3 is 1. The first-order valence-corrected chi connectivity index (χ1v) is 6.80. The fourth-order valence-corrected chi connectivity index (χ4v) is 2.07. The number of ether oxygens (including phenoxy) is 2. The van der Waals surface area contributed by atoms with Crippen LogP contribution >= 0.6 is 0 Å². The van der Waals surface area contributed by atoms with E-state index in [1.165, 1.54) is 0 Å². The number of hydrogen-bond acceptors (Lipinski definition) is 4. The molecule has 0 amide bonds. The van der Waals surface area contributed by atoms with Crippen LogP contribution in [0.5, 0.6) is 11.5 Å². The molecule has 1 aromatic carbocycles. The third-order valence-corrected chi connectivity index (χ3v) is 3.15. The van der Waals surface area contributed by atoms with Crippen LogP contribution in [0.25, 0.3) is 0 Å². The minimum Gasteiger partial charge on any atom is -0.493 e. The van der Waals surface area contributed by atoms with Gasteiger partial charge in [-0.05, 0) is 35.7 Å². The molecule has 21 heavy (non-hydrogen) atoms. The molecular weight excluding hydrogens is 264 g/mol. The quantitative estimate of drug-likeness (QED) is 0.794. The number of rotatable bonds is 7. The number of pyridine rings is 1. The third-order valence-electron chi connectivity index (χ3n) is 3.15. The molecule has 1 aromatic heterocycles. The molecule has 2 rings (SSSR count). The molecule has 0 aliphatic carbocycles. The van der Waals surface area contributed by atoms with Gasteiger partial charge in [0.25, 0.3) is 0 Å². The monoisotopic (exact) mass is 284 g/mol. The van der Waals surface area contributed by atoms with Gasteiger partial charge in [0.1, 0.15) is 6.61 Å². The molecule has 4 nitrogen and oxygen atoms in total. The number of nitrogens with two attached hydrogens (primary N) is 1. The highest BCUT2D eigenvalue weighted by atomic mass is 16.5. The van der Waals surface area contributed by atoms with Crippen molar-refractivity contribution >= 4 is 0 Å². The lowest BCUT2D eigenvalue weighted by molar-refractivity contribution is 0.326. The Hall–Kier alpha value is -2.33. The zero-order chi connectivity index (χ0) is 15.1. The Bertz CT molecular complexity index is 585. The van der Waals surface area contributed by atoms with Crippen molar-refractivity contribution in [1.82, 2.24) is 4.98 Å². The van der Waals surface area contributed by atoms with E-state index in [9.17, 15) is 0 Å². The number of aromatic nitrogens is 1. The predicted molar refractivity (Wildman–Crippen MR) is 83.6 cm³/mol. The largest absolute Gasteiger partial charge is 0.493 e. The zero-order valence-corrected chi connectivity index (χ0v) is 12.2. The summed E-state index contributed by atoms with van der Waals surface area (Å²) in [5.74, 6) is 1.41. The predicted octanol–water partition coefficient (Wildman–Crippen LogP) is 2.90. The van der Waals surface area contributed by atoms with Crippen molar-refractivity contribution in [1.29, 1.82) is 0 Å². The van der Waals surface area contributed by atoms with E-state index in [1.807, 2.05) is 30.3 Å². The number of benzene rings is 1. The number of nitrogens with zero attached hydrogens (tertiary/aromatic N) is 1. The van der Waals surface area contributed by atoms with Gasteiger partial charge in [0.2, 0.25) is 0 Å². The lowest BCUT2D eigenvalue weighted by Crippen LogP contribution is -2.13. The molecule has 0 aliphatic heterocycles. The Morgan fingerprint density at radius 2 is 2.19 bits per heavy atom. The average molecular weight is 284 g/mol. The normalized spacial score (nSPS) is 11.7. The summed E-state index contributed by atoms with van der Waals surface area (Å²) in [5.41, 5.74) is 8.32. The first kappa shape index (κ1) is 15.1. The lowest BCUT2D eigenvalue weighted by atomic mass is 10.0. The van der Waals surface area contributed by atoms with Crippen molar-refractivity contribution < 1.29 is 9.47 Å². The van der Waals surface area contributed by atoms with Crippen LogP contribution in [-0.4, -0.2) is 18.7 Å². The summed E-state index contributed by atoms with van der Waals surface area (Å²) in [5, 5.41) is 0. The molecule has 2 N–H and O–H groups in total. The van der Waals surface area contributed by atoms with Crippen LogP contribution in [0.15, 0.2) is 55.4 Å². The standard InChI is InChI=1S/C17H20N2O2/c1-3-9-21-16-7-6-13(11-17(16)20-2)10-15(18)14-5-4-8-19-12-14/h3-8,11-12,15H,1,9-10,18H2,2H3. The van der Waals surface area contributed by atoms with E-state index in [1.54, 1.807) is 25.6 Å². The van der Waals surface area contributed by atoms with Crippen LogP contribution in [0.1, 0.15) is 17.2 Å². The first-order chi connectivity index (χ1) is 10.2. The van der Waals surface area contributed by atoms with E-state index in [-0.39, 0.29) is 6.04 Å². The van der Waals surface area contributed by atoms with Gasteiger partial charge in [-0.1, -0.05) is 24.8 Å². The fourth-order valence-electron chi connectivity index (χ4n) is 2.07. The molecule has 0 bridgehead atoms. The van der Waals surface area contributed by atoms with E-state index in [4.69, 9.17) is 15.2 Å². The lowest BCUT2D eigenvalue weighted by Gasteiger charge is -2.14. The van der Waals surface area contributed by atoms with E-state index in [0.717, 1.165) is 11.1 Å². The van der Waals surface area contributed by atoms with E-state index < -0.39 is 0 Å². The molecule has 1 unspecified atom stereocenters. The number of hydrogen-bond donors (Lipinski definition) is 1. The van der Waals surface area contributed by atoms with Gasteiger partial charge in [-0.25, -0.2) is 0 Å². The first-order valence-electron chi connectivity index (χ1n) is 6.80. The fraction of sp³-hybridized carbons (Fsp3) is 0.235. The molecule has 0 aliphatic rings. The van der Waals surface area contributed by atoms with Gasteiger partial charge in [-0.15, -0.1) is 0 Å². The van der Waals surface area contributed by atoms with E-state index in [2.05, 4.69) is 11.6 Å². The van der Waals surface area contributed by atoms with Crippen molar-refractivity contribution in [2.75, 3.05) is 13.7 Å². The topological polar surface area (TPSA) is 57.4 Å². The summed E-state index contributed by atoms with van der Waals surface area (Å²) >= 11 is 0. The highest BCUT2D eigenvalue weighted by Gasteiger charge is 2.10. The van der Waals surface area contributed by atoms with Crippen molar-refractivity contribution in [2.45, 2.75) is 12.5 Å². The molecule has 0 fully saturated rings. The molecule has 1 atom stereocenters. The molecule has 0 spiro atoms. The summed E-state index contributed by atoms with van der Waals surface area (Å²) in [6, 6.07) is 9.63. The molecular formula is C17H20N2O2. The summed E-state index contributed by atoms with van der Waals surface area (Å²) in [6.07, 6.45) is 5.95. The second-order valence-electron chi connectivity index (χ2n) is 4.68. The van der Waals surface area contributed by atoms with Gasteiger partial charge < -0.3 is 15.2 Å². The summed E-state index contributed by atoms with van der Waals surface area (Å²) in [7, 11) is 1.63. The minimum atomic E-state index is -0.0941. The zero-order valence-electron chi connectivity index (χ0n) is 12.2. The van der Waals surface area contributed by atoms with Crippen molar-refractivity contribution in [2.24, 2.45) is 5.73 Å². The molecule has 0 radical (unpaired) electrons. The van der Waals surface area contributed by atoms with Crippen molar-refractivity contribution in [3.8, 4) is 11.5 Å². The highest BCUT2D eigenvalue weighted by molar-refractivity contribution is 5.43. The molecule has 0 saturated heterocycles. The Labute approximate surface area is 125 Å². The van der Waals surface area contributed by atoms with Gasteiger partial charge >= 0.3 is 0 Å². The maximum Gasteiger partial charge on any atom is 0.161 e. The van der Waals surface area contributed by atoms with Crippen LogP contribution in [0.4, 0.5) is 0 Å². The van der Waals surface area contributed by atoms with E-state index >= 15 is 0 Å². The van der Waals surface area contributed by atoms with Crippen molar-refractivity contribution in [3.63, 3.8) is 0 Å². The maximum absolute atomic E-state index is 6.21. The second kappa shape index (κ2) is 7.45. The molecule has 0 saturated carbocycles. The summed E-state index contributed by atoms with van der Waals surface area (Å²) in [6.45, 7) is 4.08. The maximum atomic E-state index is 6.21. The summed E-state index contributed by atoms with van der Waals surface area (Å²) < 4.78 is 10.9. The van der Waals surface area contributed by atoms with Gasteiger partial charge in [0, 0.05) is 18.4 Å². The Kier molecular flexibility index (Phi) is 5.35. The molecule has 4 heteroatoms. The van der Waals surface area contributed by atoms with Crippen LogP contribution in [0.3, 0.4) is 0 Å². The molecule has 110 valence electrons.